The van der Waals surface area contributed by atoms with Gasteiger partial charge in [-0.25, -0.2) is 0 Å². The molecule has 0 saturated heterocycles. The highest BCUT2D eigenvalue weighted by atomic mass is 19.4. The van der Waals surface area contributed by atoms with Crippen LogP contribution in [-0.4, -0.2) is 39.7 Å². The first-order valence-corrected chi connectivity index (χ1v) is 7.44. The van der Waals surface area contributed by atoms with Gasteiger partial charge in [0.25, 0.3) is 5.91 Å². The minimum atomic E-state index is -4.80. The van der Waals surface area contributed by atoms with Crippen LogP contribution in [0.4, 0.5) is 24.7 Å². The van der Waals surface area contributed by atoms with Gasteiger partial charge in [-0.2, -0.15) is 13.2 Å². The quantitative estimate of drug-likeness (QED) is 0.718. The zero-order valence-corrected chi connectivity index (χ0v) is 13.4. The van der Waals surface area contributed by atoms with Crippen LogP contribution in [0, 0.1) is 6.92 Å². The molecule has 0 radical (unpaired) electrons. The molecule has 0 aliphatic carbocycles. The summed E-state index contributed by atoms with van der Waals surface area (Å²) >= 11 is 0. The van der Waals surface area contributed by atoms with Crippen LogP contribution in [-0.2, 0) is 0 Å². The monoisotopic (exact) mass is 369 g/mol. The van der Waals surface area contributed by atoms with Crippen LogP contribution < -0.4 is 10.2 Å². The Bertz CT molecular complexity index is 862. The van der Waals surface area contributed by atoms with Crippen LogP contribution >= 0.6 is 0 Å². The van der Waals surface area contributed by atoms with Gasteiger partial charge in [0.1, 0.15) is 0 Å². The number of carbonyl (C=O) groups excluding carboxylic acids is 1. The van der Waals surface area contributed by atoms with E-state index in [9.17, 15) is 28.2 Å². The van der Waals surface area contributed by atoms with Crippen molar-refractivity contribution in [2.24, 2.45) is 0 Å². The number of anilines is 2. The standard InChI is InChI=1S/C16H14F3N3O4/c1-8-6-9(4-5-20-8)21-14(24)11-2-3-13(26-11)22-12(23)7-10(15(22)25)16(17,18)19/h2-7,12,15,23,25H,1H3,(H,20,21,24). The largest absolute Gasteiger partial charge is 0.435 e. The predicted octanol–water partition coefficient (Wildman–Crippen LogP) is 2.18. The number of carbonyl (C=O) groups is 1. The molecule has 0 fully saturated rings. The highest BCUT2D eigenvalue weighted by Gasteiger charge is 2.47. The summed E-state index contributed by atoms with van der Waals surface area (Å²) in [6.45, 7) is 1.74. The summed E-state index contributed by atoms with van der Waals surface area (Å²) in [4.78, 5) is 16.8. The Morgan fingerprint density at radius 1 is 1.31 bits per heavy atom. The van der Waals surface area contributed by atoms with Crippen molar-refractivity contribution >= 4 is 17.5 Å². The smallest absolute Gasteiger partial charge is 0.416 e. The number of furan rings is 1. The Labute approximate surface area is 145 Å². The lowest BCUT2D eigenvalue weighted by Crippen LogP contribution is -2.39. The number of nitrogens with zero attached hydrogens (tertiary/aromatic N) is 2. The first kappa shape index (κ1) is 18.0. The lowest BCUT2D eigenvalue weighted by molar-refractivity contribution is -0.103. The molecule has 1 aliphatic rings. The van der Waals surface area contributed by atoms with Crippen LogP contribution in [0.5, 0.6) is 0 Å². The maximum atomic E-state index is 12.8. The molecule has 0 bridgehead atoms. The van der Waals surface area contributed by atoms with Gasteiger partial charge < -0.3 is 19.9 Å². The predicted molar refractivity (Wildman–Crippen MR) is 84.3 cm³/mol. The highest BCUT2D eigenvalue weighted by Crippen LogP contribution is 2.37. The third-order valence-corrected chi connectivity index (χ3v) is 3.71. The SMILES string of the molecule is Cc1cc(NC(=O)c2ccc(N3C(O)C=C(C(F)(F)F)C3O)o2)ccn1. The minimum Gasteiger partial charge on any atom is -0.435 e. The van der Waals surface area contributed by atoms with E-state index in [1.807, 2.05) is 0 Å². The maximum Gasteiger partial charge on any atom is 0.416 e. The van der Waals surface area contributed by atoms with Gasteiger partial charge in [0, 0.05) is 23.6 Å². The molecule has 3 rings (SSSR count). The van der Waals surface area contributed by atoms with Crippen molar-refractivity contribution in [1.82, 2.24) is 4.98 Å². The molecule has 138 valence electrons. The fourth-order valence-electron chi connectivity index (χ4n) is 2.52. The molecular weight excluding hydrogens is 355 g/mol. The second-order valence-corrected chi connectivity index (χ2v) is 5.59. The molecule has 3 N–H and O–H groups in total. The minimum absolute atomic E-state index is 0.200. The van der Waals surface area contributed by atoms with Crippen molar-refractivity contribution in [1.29, 1.82) is 0 Å². The van der Waals surface area contributed by atoms with Crippen LogP contribution in [0.3, 0.4) is 0 Å². The lowest BCUT2D eigenvalue weighted by atomic mass is 10.2. The number of halogens is 3. The Hall–Kier alpha value is -2.85. The van der Waals surface area contributed by atoms with Gasteiger partial charge in [-0.3, -0.25) is 14.7 Å². The van der Waals surface area contributed by atoms with Crippen molar-refractivity contribution in [3.63, 3.8) is 0 Å². The van der Waals surface area contributed by atoms with Crippen LogP contribution in [0.25, 0.3) is 0 Å². The fourth-order valence-corrected chi connectivity index (χ4v) is 2.52. The Morgan fingerprint density at radius 3 is 2.65 bits per heavy atom. The number of aliphatic hydroxyl groups is 2. The molecule has 0 aromatic carbocycles. The molecule has 1 aliphatic heterocycles. The first-order chi connectivity index (χ1) is 12.2. The summed E-state index contributed by atoms with van der Waals surface area (Å²) in [6, 6.07) is 5.59. The van der Waals surface area contributed by atoms with Gasteiger partial charge in [0.05, 0.1) is 5.57 Å². The molecule has 2 atom stereocenters. The Balaban J connectivity index is 1.77. The van der Waals surface area contributed by atoms with E-state index in [1.54, 1.807) is 19.1 Å². The number of pyridine rings is 1. The van der Waals surface area contributed by atoms with Gasteiger partial charge in [-0.1, -0.05) is 0 Å². The van der Waals surface area contributed by atoms with E-state index in [4.69, 9.17) is 4.42 Å². The molecule has 10 heteroatoms. The summed E-state index contributed by atoms with van der Waals surface area (Å²) in [6.07, 6.45) is -6.71. The van der Waals surface area contributed by atoms with E-state index < -0.39 is 30.1 Å². The molecular formula is C16H14F3N3O4. The van der Waals surface area contributed by atoms with Gasteiger partial charge >= 0.3 is 6.18 Å². The van der Waals surface area contributed by atoms with Crippen LogP contribution in [0.15, 0.2) is 46.5 Å². The number of aromatic nitrogens is 1. The average Bonchev–Trinajstić information content (AvgIpc) is 3.11. The number of aliphatic hydroxyl groups excluding tert-OH is 2. The van der Waals surface area contributed by atoms with Crippen molar-refractivity contribution in [3.8, 4) is 0 Å². The van der Waals surface area contributed by atoms with E-state index in [1.165, 1.54) is 18.3 Å². The molecule has 26 heavy (non-hydrogen) atoms. The Morgan fingerprint density at radius 2 is 2.04 bits per heavy atom. The zero-order chi connectivity index (χ0) is 19.1. The van der Waals surface area contributed by atoms with E-state index in [-0.39, 0.29) is 11.6 Å². The summed E-state index contributed by atoms with van der Waals surface area (Å²) < 4.78 is 43.7. The van der Waals surface area contributed by atoms with Gasteiger partial charge in [-0.15, -0.1) is 0 Å². The lowest BCUT2D eigenvalue weighted by Gasteiger charge is -2.25. The van der Waals surface area contributed by atoms with Crippen LogP contribution in [0.2, 0.25) is 0 Å². The molecule has 2 unspecified atom stereocenters. The average molecular weight is 369 g/mol. The molecule has 3 heterocycles. The number of hydrogen-bond acceptors (Lipinski definition) is 6. The summed E-state index contributed by atoms with van der Waals surface area (Å²) in [5, 5.41) is 22.2. The number of aryl methyl sites for hydroxylation is 1. The number of alkyl halides is 3. The maximum absolute atomic E-state index is 12.8. The van der Waals surface area contributed by atoms with Gasteiger partial charge in [0.15, 0.2) is 18.2 Å². The van der Waals surface area contributed by atoms with Gasteiger partial charge in [-0.05, 0) is 31.2 Å². The van der Waals surface area contributed by atoms with Crippen LogP contribution in [0.1, 0.15) is 16.2 Å². The summed E-state index contributed by atoms with van der Waals surface area (Å²) in [5.74, 6) is -1.13. The van der Waals surface area contributed by atoms with Crippen molar-refractivity contribution in [3.05, 3.63) is 53.6 Å². The van der Waals surface area contributed by atoms with Gasteiger partial charge in [0.2, 0.25) is 5.88 Å². The fraction of sp³-hybridized carbons (Fsp3) is 0.250. The summed E-state index contributed by atoms with van der Waals surface area (Å²) in [7, 11) is 0. The zero-order valence-electron chi connectivity index (χ0n) is 13.4. The second-order valence-electron chi connectivity index (χ2n) is 5.59. The number of nitrogens with one attached hydrogen (secondary N) is 1. The molecule has 1 amide bonds. The van der Waals surface area contributed by atoms with E-state index >= 15 is 0 Å². The first-order valence-electron chi connectivity index (χ1n) is 7.44. The third-order valence-electron chi connectivity index (χ3n) is 3.71. The molecule has 2 aromatic rings. The molecule has 2 aromatic heterocycles. The van der Waals surface area contributed by atoms with E-state index in [2.05, 4.69) is 10.3 Å². The normalized spacial score (nSPS) is 20.2. The van der Waals surface area contributed by atoms with Crippen molar-refractivity contribution < 1.29 is 32.6 Å². The molecule has 0 spiro atoms. The topological polar surface area (TPSA) is 98.8 Å². The molecule has 7 nitrogen and oxygen atoms in total. The third kappa shape index (κ3) is 3.41. The van der Waals surface area contributed by atoms with E-state index in [0.29, 0.717) is 22.4 Å². The number of amides is 1. The van der Waals surface area contributed by atoms with Crippen molar-refractivity contribution in [2.45, 2.75) is 25.6 Å². The number of rotatable bonds is 3. The highest BCUT2D eigenvalue weighted by molar-refractivity contribution is 6.02. The molecule has 0 saturated carbocycles. The number of hydrogen-bond donors (Lipinski definition) is 3. The van der Waals surface area contributed by atoms with E-state index in [0.717, 1.165) is 0 Å². The summed E-state index contributed by atoms with van der Waals surface area (Å²) in [5.41, 5.74) is -0.167. The van der Waals surface area contributed by atoms with Crippen molar-refractivity contribution in [2.75, 3.05) is 10.2 Å². The Kier molecular flexibility index (Phi) is 4.46. The second kappa shape index (κ2) is 6.46.